The molecule has 0 bridgehead atoms. The van der Waals surface area contributed by atoms with Gasteiger partial charge in [0.1, 0.15) is 18.0 Å². The van der Waals surface area contributed by atoms with E-state index in [1.165, 1.54) is 24.3 Å². The molecule has 1 aromatic rings. The van der Waals surface area contributed by atoms with Crippen molar-refractivity contribution >= 4 is 5.84 Å². The molecule has 28 heavy (non-hydrogen) atoms. The maximum atomic E-state index is 13.3. The van der Waals surface area contributed by atoms with Crippen molar-refractivity contribution in [1.82, 2.24) is 0 Å². The fourth-order valence-electron chi connectivity index (χ4n) is 2.69. The smallest absolute Gasteiger partial charge is 0.384 e. The first kappa shape index (κ1) is 20.3. The Morgan fingerprint density at radius 1 is 1.04 bits per heavy atom. The average molecular weight is 410 g/mol. The van der Waals surface area contributed by atoms with Gasteiger partial charge < -0.3 is 15.2 Å². The van der Waals surface area contributed by atoms with E-state index in [4.69, 9.17) is 5.73 Å². The van der Waals surface area contributed by atoms with Crippen LogP contribution in [0.15, 0.2) is 53.1 Å². The fourth-order valence-corrected chi connectivity index (χ4v) is 2.69. The molecule has 4 nitrogen and oxygen atoms in total. The number of hydrogen-bond donors (Lipinski definition) is 1. The first-order valence-corrected chi connectivity index (χ1v) is 7.87. The topological polar surface area (TPSA) is 56.8 Å². The molecule has 2 N–H and O–H groups in total. The van der Waals surface area contributed by atoms with Crippen molar-refractivity contribution in [3.63, 3.8) is 0 Å². The number of nitrogens with two attached hydrogens (primary N) is 1. The Hall–Kier alpha value is -2.40. The Morgan fingerprint density at radius 2 is 1.64 bits per heavy atom. The van der Waals surface area contributed by atoms with Crippen LogP contribution in [0.3, 0.4) is 0 Å². The summed E-state index contributed by atoms with van der Waals surface area (Å²) in [5.41, 5.74) is 4.73. The molecule has 11 heteroatoms. The zero-order valence-electron chi connectivity index (χ0n) is 13.9. The number of fused-ring (bicyclic) bond motifs is 1. The van der Waals surface area contributed by atoms with Gasteiger partial charge in [-0.2, -0.15) is 30.7 Å². The van der Waals surface area contributed by atoms with Gasteiger partial charge in [-0.15, -0.1) is 0 Å². The second kappa shape index (κ2) is 6.89. The van der Waals surface area contributed by atoms with Crippen molar-refractivity contribution in [2.75, 3.05) is 0 Å². The number of nitrogens with zero attached hydrogens (tertiary/aromatic N) is 1. The van der Waals surface area contributed by atoms with Gasteiger partial charge in [-0.1, -0.05) is 30.4 Å². The molecule has 1 aliphatic carbocycles. The van der Waals surface area contributed by atoms with Crippen molar-refractivity contribution in [3.8, 4) is 0 Å². The van der Waals surface area contributed by atoms with E-state index in [1.807, 2.05) is 0 Å². The third-order valence-electron chi connectivity index (χ3n) is 4.08. The van der Waals surface area contributed by atoms with Crippen molar-refractivity contribution < 1.29 is 40.2 Å². The molecule has 0 spiro atoms. The third kappa shape index (κ3) is 3.90. The van der Waals surface area contributed by atoms with Crippen LogP contribution in [0.2, 0.25) is 0 Å². The molecule has 1 heterocycles. The highest BCUT2D eigenvalue weighted by atomic mass is 19.4. The summed E-state index contributed by atoms with van der Waals surface area (Å²) in [6, 6.07) is 4.74. The summed E-state index contributed by atoms with van der Waals surface area (Å²) in [5.74, 6) is -0.268. The Morgan fingerprint density at radius 3 is 2.29 bits per heavy atom. The highest BCUT2D eigenvalue weighted by Crippen LogP contribution is 2.44. The Kier molecular flexibility index (Phi) is 5.00. The second-order valence-electron chi connectivity index (χ2n) is 6.04. The van der Waals surface area contributed by atoms with E-state index in [0.29, 0.717) is 0 Å². The van der Waals surface area contributed by atoms with Crippen LogP contribution in [-0.2, 0) is 22.2 Å². The number of alkyl halides is 7. The standard InChI is InChI=1S/C17H13F7N2O2/c18-15(19,20)11-4-2-1-3-10(11)8-26-14(25)9-5-6-12-13(7-9)28-17(23,24)16(21,22)27-12/h1-7,12-13H,8H2,(H2,25,26). The molecular formula is C17H13F7N2O2. The number of amidine groups is 1. The fraction of sp³-hybridized carbons (Fsp3) is 0.353. The molecule has 3 rings (SSSR count). The van der Waals surface area contributed by atoms with Gasteiger partial charge in [0.2, 0.25) is 0 Å². The molecule has 2 unspecified atom stereocenters. The lowest BCUT2D eigenvalue weighted by molar-refractivity contribution is -0.478. The summed E-state index contributed by atoms with van der Waals surface area (Å²) in [4.78, 5) is 3.84. The van der Waals surface area contributed by atoms with Gasteiger partial charge >= 0.3 is 18.4 Å². The maximum Gasteiger partial charge on any atom is 0.449 e. The predicted octanol–water partition coefficient (Wildman–Crippen LogP) is 4.03. The van der Waals surface area contributed by atoms with E-state index in [-0.39, 0.29) is 17.0 Å². The van der Waals surface area contributed by atoms with Gasteiger partial charge in [0.25, 0.3) is 0 Å². The SMILES string of the molecule is NC(=NCc1ccccc1C(F)(F)F)C1=CC2OC(F)(F)C(F)(F)OC2C=C1. The summed E-state index contributed by atoms with van der Waals surface area (Å²) < 4.78 is 100. The molecule has 152 valence electrons. The molecule has 0 radical (unpaired) electrons. The molecule has 1 saturated heterocycles. The van der Waals surface area contributed by atoms with Crippen LogP contribution in [0, 0.1) is 0 Å². The minimum Gasteiger partial charge on any atom is -0.384 e. The monoisotopic (exact) mass is 410 g/mol. The van der Waals surface area contributed by atoms with E-state index in [0.717, 1.165) is 18.2 Å². The largest absolute Gasteiger partial charge is 0.449 e. The summed E-state index contributed by atoms with van der Waals surface area (Å²) >= 11 is 0. The third-order valence-corrected chi connectivity index (χ3v) is 4.08. The minimum absolute atomic E-state index is 0.0374. The molecular weight excluding hydrogens is 397 g/mol. The van der Waals surface area contributed by atoms with Crippen LogP contribution >= 0.6 is 0 Å². The molecule has 0 amide bonds. The number of halogens is 7. The zero-order valence-corrected chi connectivity index (χ0v) is 13.9. The number of hydrogen-bond acceptors (Lipinski definition) is 3. The lowest BCUT2D eigenvalue weighted by Gasteiger charge is -2.39. The Labute approximate surface area is 154 Å². The summed E-state index contributed by atoms with van der Waals surface area (Å²) in [7, 11) is 0. The lowest BCUT2D eigenvalue weighted by Crippen LogP contribution is -2.57. The van der Waals surface area contributed by atoms with Gasteiger partial charge in [-0.25, -0.2) is 0 Å². The first-order valence-electron chi connectivity index (χ1n) is 7.87. The molecule has 0 aromatic heterocycles. The van der Waals surface area contributed by atoms with Crippen molar-refractivity contribution in [2.24, 2.45) is 10.7 Å². The number of rotatable bonds is 3. The van der Waals surface area contributed by atoms with Gasteiger partial charge in [0.05, 0.1) is 12.1 Å². The first-order chi connectivity index (χ1) is 12.9. The Balaban J connectivity index is 1.79. The van der Waals surface area contributed by atoms with E-state index >= 15 is 0 Å². The van der Waals surface area contributed by atoms with Gasteiger partial charge in [0.15, 0.2) is 0 Å². The van der Waals surface area contributed by atoms with Gasteiger partial charge in [-0.05, 0) is 17.7 Å². The van der Waals surface area contributed by atoms with Crippen LogP contribution in [0.5, 0.6) is 0 Å². The van der Waals surface area contributed by atoms with E-state index < -0.39 is 42.7 Å². The highest BCUT2D eigenvalue weighted by molar-refractivity contribution is 5.99. The van der Waals surface area contributed by atoms with Crippen molar-refractivity contribution in [1.29, 1.82) is 0 Å². The van der Waals surface area contributed by atoms with E-state index in [1.54, 1.807) is 0 Å². The summed E-state index contributed by atoms with van der Waals surface area (Å²) in [5, 5.41) is 0. The van der Waals surface area contributed by atoms with Crippen LogP contribution in [-0.4, -0.2) is 30.3 Å². The summed E-state index contributed by atoms with van der Waals surface area (Å²) in [6.07, 6.45) is -14.0. The van der Waals surface area contributed by atoms with E-state index in [2.05, 4.69) is 14.5 Å². The number of benzene rings is 1. The molecule has 1 aliphatic heterocycles. The van der Waals surface area contributed by atoms with Crippen molar-refractivity contribution in [2.45, 2.75) is 37.1 Å². The van der Waals surface area contributed by atoms with E-state index in [9.17, 15) is 30.7 Å². The maximum absolute atomic E-state index is 13.3. The summed E-state index contributed by atoms with van der Waals surface area (Å²) in [6.45, 7) is -0.424. The van der Waals surface area contributed by atoms with Crippen LogP contribution in [0.25, 0.3) is 0 Å². The highest BCUT2D eigenvalue weighted by Gasteiger charge is 2.65. The zero-order chi connectivity index (χ0) is 20.7. The van der Waals surface area contributed by atoms with Gasteiger partial charge in [-0.3, -0.25) is 4.99 Å². The molecule has 1 fully saturated rings. The van der Waals surface area contributed by atoms with Gasteiger partial charge in [0, 0.05) is 5.57 Å². The minimum atomic E-state index is -4.85. The average Bonchev–Trinajstić information content (AvgIpc) is 2.59. The molecule has 2 atom stereocenters. The lowest BCUT2D eigenvalue weighted by atomic mass is 10.0. The normalized spacial score (nSPS) is 26.5. The van der Waals surface area contributed by atoms with Crippen LogP contribution in [0.1, 0.15) is 11.1 Å². The van der Waals surface area contributed by atoms with Crippen LogP contribution in [0.4, 0.5) is 30.7 Å². The predicted molar refractivity (Wildman–Crippen MR) is 83.6 cm³/mol. The molecule has 0 saturated carbocycles. The number of aliphatic imine (C=N–C) groups is 1. The Bertz CT molecular complexity index is 846. The quantitative estimate of drug-likeness (QED) is 0.465. The second-order valence-corrected chi connectivity index (χ2v) is 6.04. The molecule has 2 aliphatic rings. The molecule has 1 aromatic carbocycles. The van der Waals surface area contributed by atoms with Crippen LogP contribution < -0.4 is 5.73 Å². The van der Waals surface area contributed by atoms with Crippen molar-refractivity contribution in [3.05, 3.63) is 59.2 Å². The number of ether oxygens (including phenoxy) is 2.